The molecule has 0 radical (unpaired) electrons. The highest BCUT2D eigenvalue weighted by Gasteiger charge is 2.08. The van der Waals surface area contributed by atoms with Crippen molar-refractivity contribution in [3.8, 4) is 0 Å². The minimum Gasteiger partial charge on any atom is -0.0625 e. The molecule has 0 heterocycles. The predicted molar refractivity (Wildman–Crippen MR) is 68.5 cm³/mol. The van der Waals surface area contributed by atoms with Crippen LogP contribution in [0.5, 0.6) is 0 Å². The van der Waals surface area contributed by atoms with E-state index in [1.165, 1.54) is 28.7 Å². The van der Waals surface area contributed by atoms with Crippen molar-refractivity contribution in [3.05, 3.63) is 34.4 Å². The summed E-state index contributed by atoms with van der Waals surface area (Å²) >= 11 is 0. The van der Waals surface area contributed by atoms with Crippen LogP contribution in [0.4, 0.5) is 0 Å². The van der Waals surface area contributed by atoms with E-state index in [4.69, 9.17) is 0 Å². The zero-order valence-electron chi connectivity index (χ0n) is 11.0. The number of hydrogen-bond acceptors (Lipinski definition) is 0. The number of aryl methyl sites for hydroxylation is 2. The summed E-state index contributed by atoms with van der Waals surface area (Å²) in [7, 11) is 0. The van der Waals surface area contributed by atoms with E-state index >= 15 is 0 Å². The minimum absolute atomic E-state index is 0.636. The largest absolute Gasteiger partial charge is 0.0625 e. The Morgan fingerprint density at radius 2 is 1.53 bits per heavy atom. The standard InChI is InChI=1S/C15H24/c1-10(2)7-14-8-13(6)15(11(3)4)9-12(14)5/h8-11H,7H2,1-6H3. The molecule has 0 amide bonds. The van der Waals surface area contributed by atoms with Gasteiger partial charge in [-0.25, -0.2) is 0 Å². The van der Waals surface area contributed by atoms with E-state index in [9.17, 15) is 0 Å². The maximum absolute atomic E-state index is 2.38. The lowest BCUT2D eigenvalue weighted by molar-refractivity contribution is 0.644. The van der Waals surface area contributed by atoms with Crippen molar-refractivity contribution in [2.75, 3.05) is 0 Å². The SMILES string of the molecule is Cc1cc(C(C)C)c(C)cc1CC(C)C. The van der Waals surface area contributed by atoms with E-state index in [0.29, 0.717) is 5.92 Å². The van der Waals surface area contributed by atoms with Crippen LogP contribution in [0.15, 0.2) is 12.1 Å². The quantitative estimate of drug-likeness (QED) is 0.673. The van der Waals surface area contributed by atoms with Crippen molar-refractivity contribution in [1.29, 1.82) is 0 Å². The molecule has 0 saturated carbocycles. The van der Waals surface area contributed by atoms with Gasteiger partial charge >= 0.3 is 0 Å². The Hall–Kier alpha value is -0.780. The van der Waals surface area contributed by atoms with Crippen LogP contribution >= 0.6 is 0 Å². The molecule has 0 nitrogen and oxygen atoms in total. The Balaban J connectivity index is 3.08. The number of benzene rings is 1. The van der Waals surface area contributed by atoms with E-state index in [1.54, 1.807) is 0 Å². The minimum atomic E-state index is 0.636. The molecule has 0 aromatic heterocycles. The molecule has 0 fully saturated rings. The summed E-state index contributed by atoms with van der Waals surface area (Å²) in [5.74, 6) is 1.38. The van der Waals surface area contributed by atoms with Crippen molar-refractivity contribution < 1.29 is 0 Å². The molecule has 0 aliphatic rings. The fourth-order valence-electron chi connectivity index (χ4n) is 2.18. The Bertz CT molecular complexity index is 332. The Labute approximate surface area is 94.7 Å². The monoisotopic (exact) mass is 204 g/mol. The van der Waals surface area contributed by atoms with E-state index in [2.05, 4.69) is 53.7 Å². The lowest BCUT2D eigenvalue weighted by atomic mass is 9.90. The van der Waals surface area contributed by atoms with Gasteiger partial charge in [0.1, 0.15) is 0 Å². The van der Waals surface area contributed by atoms with Crippen LogP contribution < -0.4 is 0 Å². The Morgan fingerprint density at radius 3 is 2.00 bits per heavy atom. The van der Waals surface area contributed by atoms with Gasteiger partial charge in [-0.1, -0.05) is 39.8 Å². The second-order valence-electron chi connectivity index (χ2n) is 5.39. The van der Waals surface area contributed by atoms with E-state index in [0.717, 1.165) is 5.92 Å². The van der Waals surface area contributed by atoms with Crippen LogP contribution in [0.2, 0.25) is 0 Å². The first kappa shape index (κ1) is 12.3. The summed E-state index contributed by atoms with van der Waals surface area (Å²) in [6, 6.07) is 4.75. The maximum atomic E-state index is 2.38. The third kappa shape index (κ3) is 3.09. The van der Waals surface area contributed by atoms with Crippen LogP contribution in [-0.4, -0.2) is 0 Å². The van der Waals surface area contributed by atoms with Crippen molar-refractivity contribution in [2.45, 2.75) is 53.9 Å². The zero-order chi connectivity index (χ0) is 11.6. The fraction of sp³-hybridized carbons (Fsp3) is 0.600. The van der Waals surface area contributed by atoms with Gasteiger partial charge in [0.05, 0.1) is 0 Å². The molecule has 0 aliphatic heterocycles. The average Bonchev–Trinajstić information content (AvgIpc) is 2.09. The molecule has 1 aromatic rings. The van der Waals surface area contributed by atoms with E-state index in [-0.39, 0.29) is 0 Å². The molecule has 0 spiro atoms. The first-order chi connectivity index (χ1) is 6.91. The molecular weight excluding hydrogens is 180 g/mol. The van der Waals surface area contributed by atoms with Crippen LogP contribution in [0.25, 0.3) is 0 Å². The van der Waals surface area contributed by atoms with Gasteiger partial charge in [-0.15, -0.1) is 0 Å². The second-order valence-corrected chi connectivity index (χ2v) is 5.39. The highest BCUT2D eigenvalue weighted by atomic mass is 14.1. The lowest BCUT2D eigenvalue weighted by Crippen LogP contribution is -2.01. The molecule has 0 saturated heterocycles. The Morgan fingerprint density at radius 1 is 0.933 bits per heavy atom. The highest BCUT2D eigenvalue weighted by Crippen LogP contribution is 2.24. The summed E-state index contributed by atoms with van der Waals surface area (Å²) in [6.45, 7) is 13.6. The smallest absolute Gasteiger partial charge is 0.0216 e. The molecular formula is C15H24. The van der Waals surface area contributed by atoms with E-state index in [1.807, 2.05) is 0 Å². The Kier molecular flexibility index (Phi) is 3.96. The van der Waals surface area contributed by atoms with Crippen molar-refractivity contribution in [3.63, 3.8) is 0 Å². The van der Waals surface area contributed by atoms with Crippen LogP contribution in [0, 0.1) is 19.8 Å². The summed E-state index contributed by atoms with van der Waals surface area (Å²) in [5, 5.41) is 0. The van der Waals surface area contributed by atoms with Crippen LogP contribution in [0.3, 0.4) is 0 Å². The third-order valence-electron chi connectivity index (χ3n) is 2.97. The van der Waals surface area contributed by atoms with Gasteiger partial charge in [-0.2, -0.15) is 0 Å². The second kappa shape index (κ2) is 4.83. The highest BCUT2D eigenvalue weighted by molar-refractivity contribution is 5.38. The van der Waals surface area contributed by atoms with Gasteiger partial charge in [0.15, 0.2) is 0 Å². The summed E-state index contributed by atoms with van der Waals surface area (Å²) in [5.41, 5.74) is 5.93. The average molecular weight is 204 g/mol. The molecule has 1 rings (SSSR count). The summed E-state index contributed by atoms with van der Waals surface area (Å²) < 4.78 is 0. The van der Waals surface area contributed by atoms with Gasteiger partial charge in [0, 0.05) is 0 Å². The predicted octanol–water partition coefficient (Wildman–Crippen LogP) is 4.63. The van der Waals surface area contributed by atoms with Gasteiger partial charge in [-0.05, 0) is 54.4 Å². The third-order valence-corrected chi connectivity index (χ3v) is 2.97. The lowest BCUT2D eigenvalue weighted by Gasteiger charge is -2.15. The molecule has 0 N–H and O–H groups in total. The van der Waals surface area contributed by atoms with Gasteiger partial charge in [-0.3, -0.25) is 0 Å². The normalized spacial score (nSPS) is 11.5. The topological polar surface area (TPSA) is 0 Å². The first-order valence-electron chi connectivity index (χ1n) is 6.01. The molecule has 0 heteroatoms. The number of hydrogen-bond donors (Lipinski definition) is 0. The molecule has 0 unspecified atom stereocenters. The molecule has 1 aromatic carbocycles. The molecule has 0 bridgehead atoms. The molecule has 15 heavy (non-hydrogen) atoms. The van der Waals surface area contributed by atoms with Gasteiger partial charge in [0.2, 0.25) is 0 Å². The van der Waals surface area contributed by atoms with Crippen molar-refractivity contribution >= 4 is 0 Å². The summed E-state index contributed by atoms with van der Waals surface area (Å²) in [6.07, 6.45) is 1.20. The van der Waals surface area contributed by atoms with E-state index < -0.39 is 0 Å². The van der Waals surface area contributed by atoms with Crippen molar-refractivity contribution in [2.24, 2.45) is 5.92 Å². The maximum Gasteiger partial charge on any atom is -0.0216 e. The van der Waals surface area contributed by atoms with Crippen LogP contribution in [-0.2, 0) is 6.42 Å². The molecule has 0 aliphatic carbocycles. The summed E-state index contributed by atoms with van der Waals surface area (Å²) in [4.78, 5) is 0. The van der Waals surface area contributed by atoms with Crippen molar-refractivity contribution in [1.82, 2.24) is 0 Å². The van der Waals surface area contributed by atoms with Gasteiger partial charge in [0.25, 0.3) is 0 Å². The number of rotatable bonds is 3. The first-order valence-corrected chi connectivity index (χ1v) is 6.01. The molecule has 0 atom stereocenters. The molecule has 84 valence electrons. The van der Waals surface area contributed by atoms with Crippen LogP contribution in [0.1, 0.15) is 55.9 Å². The fourth-order valence-corrected chi connectivity index (χ4v) is 2.18. The van der Waals surface area contributed by atoms with Gasteiger partial charge < -0.3 is 0 Å². The zero-order valence-corrected chi connectivity index (χ0v) is 11.0.